The summed E-state index contributed by atoms with van der Waals surface area (Å²) in [6, 6.07) is 10.3. The van der Waals surface area contributed by atoms with E-state index in [-0.39, 0.29) is 10.5 Å². The van der Waals surface area contributed by atoms with Gasteiger partial charge in [-0.3, -0.25) is 9.59 Å². The molecule has 1 aliphatic rings. The standard InChI is InChI=1S/C23H27N3O6S/c1-15-6-7-18(14-20(15)33(30,31)26-12-4-3-5-13-26)23(29)32-16(2)22(28)25-19-10-8-17(9-11-19)21(24)27/h6-11,14,16H,3-5,12-13H2,1-2H3,(H2,24,27)(H,25,28)/t16-/m1/s1. The number of piperidine rings is 1. The van der Waals surface area contributed by atoms with Crippen molar-refractivity contribution in [3.63, 3.8) is 0 Å². The first-order valence-corrected chi connectivity index (χ1v) is 12.1. The number of aryl methyl sites for hydroxylation is 1. The van der Waals surface area contributed by atoms with E-state index in [0.29, 0.717) is 29.9 Å². The molecular formula is C23H27N3O6S. The van der Waals surface area contributed by atoms with Crippen LogP contribution in [0.25, 0.3) is 0 Å². The SMILES string of the molecule is Cc1ccc(C(=O)O[C@H](C)C(=O)Nc2ccc(C(N)=O)cc2)cc1S(=O)(=O)N1CCCCC1. The fourth-order valence-corrected chi connectivity index (χ4v) is 5.26. The highest BCUT2D eigenvalue weighted by molar-refractivity contribution is 7.89. The van der Waals surface area contributed by atoms with Crippen LogP contribution >= 0.6 is 0 Å². The number of rotatable bonds is 7. The average Bonchev–Trinajstić information content (AvgIpc) is 2.80. The van der Waals surface area contributed by atoms with Crippen LogP contribution in [0.5, 0.6) is 0 Å². The van der Waals surface area contributed by atoms with E-state index < -0.39 is 33.9 Å². The summed E-state index contributed by atoms with van der Waals surface area (Å²) in [7, 11) is -3.73. The van der Waals surface area contributed by atoms with E-state index in [1.165, 1.54) is 47.6 Å². The Labute approximate surface area is 193 Å². The van der Waals surface area contributed by atoms with Gasteiger partial charge >= 0.3 is 5.97 Å². The van der Waals surface area contributed by atoms with Crippen molar-refractivity contribution in [2.45, 2.75) is 44.1 Å². The number of carbonyl (C=O) groups is 3. The number of amides is 2. The van der Waals surface area contributed by atoms with Crippen molar-refractivity contribution in [2.24, 2.45) is 5.73 Å². The molecule has 3 N–H and O–H groups in total. The van der Waals surface area contributed by atoms with Gasteiger partial charge in [-0.15, -0.1) is 0 Å². The van der Waals surface area contributed by atoms with Gasteiger partial charge in [-0.2, -0.15) is 4.31 Å². The van der Waals surface area contributed by atoms with Gasteiger partial charge in [0.1, 0.15) is 0 Å². The molecule has 2 amide bonds. The van der Waals surface area contributed by atoms with E-state index in [1.807, 2.05) is 0 Å². The molecular weight excluding hydrogens is 446 g/mol. The van der Waals surface area contributed by atoms with Crippen LogP contribution in [-0.4, -0.2) is 49.7 Å². The minimum atomic E-state index is -3.73. The highest BCUT2D eigenvalue weighted by atomic mass is 32.2. The van der Waals surface area contributed by atoms with Crippen molar-refractivity contribution in [1.29, 1.82) is 0 Å². The molecule has 1 fully saturated rings. The molecule has 0 spiro atoms. The number of ether oxygens (including phenoxy) is 1. The minimum absolute atomic E-state index is 0.0432. The maximum Gasteiger partial charge on any atom is 0.338 e. The summed E-state index contributed by atoms with van der Waals surface area (Å²) >= 11 is 0. The molecule has 10 heteroatoms. The molecule has 2 aromatic carbocycles. The number of anilines is 1. The first-order chi connectivity index (χ1) is 15.6. The van der Waals surface area contributed by atoms with Crippen LogP contribution in [0, 0.1) is 6.92 Å². The molecule has 0 radical (unpaired) electrons. The predicted octanol–water partition coefficient (Wildman–Crippen LogP) is 2.45. The monoisotopic (exact) mass is 473 g/mol. The summed E-state index contributed by atoms with van der Waals surface area (Å²) in [6.45, 7) is 3.98. The Balaban J connectivity index is 1.69. The fraction of sp³-hybridized carbons (Fsp3) is 0.348. The molecule has 0 bridgehead atoms. The maximum absolute atomic E-state index is 13.1. The molecule has 0 unspecified atom stereocenters. The lowest BCUT2D eigenvalue weighted by Crippen LogP contribution is -2.36. The van der Waals surface area contributed by atoms with Gasteiger partial charge < -0.3 is 15.8 Å². The number of primary amides is 1. The number of benzene rings is 2. The van der Waals surface area contributed by atoms with Crippen LogP contribution in [-0.2, 0) is 19.6 Å². The fourth-order valence-electron chi connectivity index (χ4n) is 3.49. The van der Waals surface area contributed by atoms with Gasteiger partial charge in [0.05, 0.1) is 10.5 Å². The molecule has 1 saturated heterocycles. The molecule has 33 heavy (non-hydrogen) atoms. The van der Waals surface area contributed by atoms with Crippen LogP contribution < -0.4 is 11.1 Å². The zero-order chi connectivity index (χ0) is 24.2. The number of esters is 1. The summed E-state index contributed by atoms with van der Waals surface area (Å²) in [5.41, 5.74) is 6.46. The third-order valence-corrected chi connectivity index (χ3v) is 7.49. The second kappa shape index (κ2) is 10.1. The number of nitrogens with zero attached hydrogens (tertiary/aromatic N) is 1. The molecule has 176 valence electrons. The Morgan fingerprint density at radius 2 is 1.61 bits per heavy atom. The van der Waals surface area contributed by atoms with Crippen molar-refractivity contribution in [1.82, 2.24) is 4.31 Å². The lowest BCUT2D eigenvalue weighted by Gasteiger charge is -2.26. The third kappa shape index (κ3) is 5.77. The van der Waals surface area contributed by atoms with Crippen molar-refractivity contribution >= 4 is 33.5 Å². The number of hydrogen-bond donors (Lipinski definition) is 2. The van der Waals surface area contributed by atoms with Gasteiger partial charge in [0.15, 0.2) is 6.10 Å². The Kier molecular flexibility index (Phi) is 7.50. The van der Waals surface area contributed by atoms with E-state index >= 15 is 0 Å². The van der Waals surface area contributed by atoms with Crippen molar-refractivity contribution < 1.29 is 27.5 Å². The molecule has 1 atom stereocenters. The van der Waals surface area contributed by atoms with E-state index in [4.69, 9.17) is 10.5 Å². The minimum Gasteiger partial charge on any atom is -0.449 e. The van der Waals surface area contributed by atoms with E-state index in [0.717, 1.165) is 19.3 Å². The number of hydrogen-bond acceptors (Lipinski definition) is 6. The molecule has 3 rings (SSSR count). The first-order valence-electron chi connectivity index (χ1n) is 10.6. The third-order valence-electron chi connectivity index (χ3n) is 5.45. The number of carbonyl (C=O) groups excluding carboxylic acids is 3. The first kappa shape index (κ1) is 24.4. The lowest BCUT2D eigenvalue weighted by atomic mass is 10.1. The van der Waals surface area contributed by atoms with Gasteiger partial charge in [-0.1, -0.05) is 12.5 Å². The summed E-state index contributed by atoms with van der Waals surface area (Å²) in [5.74, 6) is -1.98. The second-order valence-electron chi connectivity index (χ2n) is 7.92. The maximum atomic E-state index is 13.1. The van der Waals surface area contributed by atoms with Crippen molar-refractivity contribution in [2.75, 3.05) is 18.4 Å². The molecule has 0 saturated carbocycles. The predicted molar refractivity (Wildman–Crippen MR) is 122 cm³/mol. The second-order valence-corrected chi connectivity index (χ2v) is 9.83. The van der Waals surface area contributed by atoms with Crippen molar-refractivity contribution in [3.05, 3.63) is 59.2 Å². The number of nitrogens with one attached hydrogen (secondary N) is 1. The highest BCUT2D eigenvalue weighted by Crippen LogP contribution is 2.25. The van der Waals surface area contributed by atoms with E-state index in [2.05, 4.69) is 5.32 Å². The van der Waals surface area contributed by atoms with Crippen LogP contribution in [0.4, 0.5) is 5.69 Å². The Bertz CT molecular complexity index is 1160. The van der Waals surface area contributed by atoms with Crippen LogP contribution in [0.3, 0.4) is 0 Å². The van der Waals surface area contributed by atoms with Gasteiger partial charge in [0.2, 0.25) is 15.9 Å². The molecule has 9 nitrogen and oxygen atoms in total. The molecule has 1 aliphatic heterocycles. The van der Waals surface area contributed by atoms with Gasteiger partial charge in [0, 0.05) is 24.3 Å². The smallest absolute Gasteiger partial charge is 0.338 e. The van der Waals surface area contributed by atoms with E-state index in [9.17, 15) is 22.8 Å². The molecule has 2 aromatic rings. The largest absolute Gasteiger partial charge is 0.449 e. The zero-order valence-electron chi connectivity index (χ0n) is 18.5. The zero-order valence-corrected chi connectivity index (χ0v) is 19.4. The number of sulfonamides is 1. The average molecular weight is 474 g/mol. The molecule has 0 aliphatic carbocycles. The number of nitrogens with two attached hydrogens (primary N) is 1. The Morgan fingerprint density at radius 1 is 1.00 bits per heavy atom. The summed E-state index contributed by atoms with van der Waals surface area (Å²) < 4.78 is 32.8. The molecule has 1 heterocycles. The quantitative estimate of drug-likeness (QED) is 0.593. The van der Waals surface area contributed by atoms with Gasteiger partial charge in [-0.05, 0) is 68.7 Å². The molecule has 0 aromatic heterocycles. The van der Waals surface area contributed by atoms with Crippen LogP contribution in [0.15, 0.2) is 47.4 Å². The van der Waals surface area contributed by atoms with Crippen LogP contribution in [0.2, 0.25) is 0 Å². The van der Waals surface area contributed by atoms with Crippen LogP contribution in [0.1, 0.15) is 52.5 Å². The highest BCUT2D eigenvalue weighted by Gasteiger charge is 2.29. The Hall–Kier alpha value is -3.24. The topological polar surface area (TPSA) is 136 Å². The normalized spacial score (nSPS) is 15.5. The van der Waals surface area contributed by atoms with Gasteiger partial charge in [-0.25, -0.2) is 13.2 Å². The Morgan fingerprint density at radius 3 is 2.21 bits per heavy atom. The lowest BCUT2D eigenvalue weighted by molar-refractivity contribution is -0.123. The summed E-state index contributed by atoms with van der Waals surface area (Å²) in [6.07, 6.45) is 1.46. The van der Waals surface area contributed by atoms with Gasteiger partial charge in [0.25, 0.3) is 5.91 Å². The van der Waals surface area contributed by atoms with Crippen molar-refractivity contribution in [3.8, 4) is 0 Å². The summed E-state index contributed by atoms with van der Waals surface area (Å²) in [5, 5.41) is 2.58. The summed E-state index contributed by atoms with van der Waals surface area (Å²) in [4.78, 5) is 36.2. The van der Waals surface area contributed by atoms with E-state index in [1.54, 1.807) is 13.0 Å².